The second kappa shape index (κ2) is 10.6. The Labute approximate surface area is 199 Å². The van der Waals surface area contributed by atoms with E-state index in [0.717, 1.165) is 30.4 Å². The van der Waals surface area contributed by atoms with Crippen LogP contribution in [0.25, 0.3) is 0 Å². The molecular formula is C26H26N2O5S. The van der Waals surface area contributed by atoms with Gasteiger partial charge in [-0.1, -0.05) is 60.7 Å². The summed E-state index contributed by atoms with van der Waals surface area (Å²) < 4.78 is 32.9. The quantitative estimate of drug-likeness (QED) is 0.483. The zero-order chi connectivity index (χ0) is 24.0. The van der Waals surface area contributed by atoms with Crippen molar-refractivity contribution in [1.82, 2.24) is 10.0 Å². The minimum Gasteiger partial charge on any atom is -0.452 e. The number of sulfonamides is 1. The highest BCUT2D eigenvalue weighted by molar-refractivity contribution is 7.89. The molecule has 3 aromatic rings. The summed E-state index contributed by atoms with van der Waals surface area (Å²) in [6, 6.07) is 22.6. The maximum atomic E-state index is 12.6. The predicted octanol–water partition coefficient (Wildman–Crippen LogP) is 3.52. The van der Waals surface area contributed by atoms with E-state index in [9.17, 15) is 18.0 Å². The molecular weight excluding hydrogens is 452 g/mol. The first-order valence-corrected chi connectivity index (χ1v) is 12.6. The molecule has 0 aliphatic heterocycles. The largest absolute Gasteiger partial charge is 0.452 e. The minimum absolute atomic E-state index is 0.0541. The van der Waals surface area contributed by atoms with E-state index >= 15 is 0 Å². The molecule has 0 saturated heterocycles. The lowest BCUT2D eigenvalue weighted by molar-refractivity contribution is -0.125. The number of carbonyl (C=O) groups excluding carboxylic acids is 2. The zero-order valence-corrected chi connectivity index (χ0v) is 19.4. The van der Waals surface area contributed by atoms with Crippen molar-refractivity contribution < 1.29 is 22.7 Å². The molecule has 8 heteroatoms. The molecule has 1 unspecified atom stereocenters. The van der Waals surface area contributed by atoms with Crippen molar-refractivity contribution in [3.8, 4) is 0 Å². The molecule has 1 aliphatic rings. The van der Waals surface area contributed by atoms with Crippen molar-refractivity contribution in [2.24, 2.45) is 0 Å². The van der Waals surface area contributed by atoms with Gasteiger partial charge in [0.2, 0.25) is 10.0 Å². The molecule has 0 saturated carbocycles. The third-order valence-corrected chi connectivity index (χ3v) is 7.13. The molecule has 0 bridgehead atoms. The highest BCUT2D eigenvalue weighted by Gasteiger charge is 2.22. The Morgan fingerprint density at radius 1 is 0.941 bits per heavy atom. The molecule has 0 radical (unpaired) electrons. The van der Waals surface area contributed by atoms with Gasteiger partial charge in [0.05, 0.1) is 16.5 Å². The van der Waals surface area contributed by atoms with Gasteiger partial charge in [-0.15, -0.1) is 0 Å². The zero-order valence-electron chi connectivity index (χ0n) is 18.6. The summed E-state index contributed by atoms with van der Waals surface area (Å²) in [7, 11) is -3.83. The highest BCUT2D eigenvalue weighted by Crippen LogP contribution is 2.29. The molecule has 34 heavy (non-hydrogen) atoms. The van der Waals surface area contributed by atoms with E-state index in [1.165, 1.54) is 29.8 Å². The molecule has 0 heterocycles. The van der Waals surface area contributed by atoms with Crippen molar-refractivity contribution in [2.45, 2.75) is 36.7 Å². The Morgan fingerprint density at radius 3 is 2.53 bits per heavy atom. The highest BCUT2D eigenvalue weighted by atomic mass is 32.2. The number of rotatable bonds is 8. The second-order valence-electron chi connectivity index (χ2n) is 8.13. The van der Waals surface area contributed by atoms with E-state index < -0.39 is 28.5 Å². The number of hydrogen-bond donors (Lipinski definition) is 2. The summed E-state index contributed by atoms with van der Waals surface area (Å²) in [4.78, 5) is 24.8. The molecule has 1 atom stereocenters. The lowest BCUT2D eigenvalue weighted by Gasteiger charge is -2.26. The molecule has 176 valence electrons. The van der Waals surface area contributed by atoms with Gasteiger partial charge in [0, 0.05) is 6.54 Å². The first-order chi connectivity index (χ1) is 16.4. The fourth-order valence-corrected chi connectivity index (χ4v) is 5.07. The van der Waals surface area contributed by atoms with Gasteiger partial charge in [-0.05, 0) is 54.2 Å². The Morgan fingerprint density at radius 2 is 1.71 bits per heavy atom. The summed E-state index contributed by atoms with van der Waals surface area (Å²) in [5.41, 5.74) is 3.18. The van der Waals surface area contributed by atoms with Crippen LogP contribution in [-0.4, -0.2) is 26.9 Å². The molecule has 2 N–H and O–H groups in total. The molecule has 7 nitrogen and oxygen atoms in total. The topological polar surface area (TPSA) is 102 Å². The van der Waals surface area contributed by atoms with Crippen molar-refractivity contribution in [3.05, 3.63) is 101 Å². The number of fused-ring (bicyclic) bond motifs is 1. The number of esters is 1. The smallest absolute Gasteiger partial charge is 0.338 e. The number of benzene rings is 3. The first kappa shape index (κ1) is 23.7. The van der Waals surface area contributed by atoms with Gasteiger partial charge in [0.15, 0.2) is 6.61 Å². The van der Waals surface area contributed by atoms with Crippen LogP contribution >= 0.6 is 0 Å². The molecule has 0 fully saturated rings. The van der Waals surface area contributed by atoms with Gasteiger partial charge in [-0.25, -0.2) is 17.9 Å². The van der Waals surface area contributed by atoms with Gasteiger partial charge < -0.3 is 10.1 Å². The van der Waals surface area contributed by atoms with Crippen LogP contribution in [0.15, 0.2) is 83.8 Å². The molecule has 4 rings (SSSR count). The van der Waals surface area contributed by atoms with E-state index in [0.29, 0.717) is 0 Å². The summed E-state index contributed by atoms with van der Waals surface area (Å²) >= 11 is 0. The monoisotopic (exact) mass is 478 g/mol. The van der Waals surface area contributed by atoms with Crippen molar-refractivity contribution >= 4 is 21.9 Å². The number of aryl methyl sites for hydroxylation is 1. The van der Waals surface area contributed by atoms with Crippen LogP contribution in [0.3, 0.4) is 0 Å². The van der Waals surface area contributed by atoms with Crippen molar-refractivity contribution in [2.75, 3.05) is 6.61 Å². The van der Waals surface area contributed by atoms with Crippen LogP contribution in [0.1, 0.15) is 45.9 Å². The Hall–Kier alpha value is -3.49. The summed E-state index contributed by atoms with van der Waals surface area (Å²) in [6.45, 7) is -0.316. The Kier molecular flexibility index (Phi) is 7.40. The molecule has 3 aromatic carbocycles. The van der Waals surface area contributed by atoms with Crippen LogP contribution in [0.2, 0.25) is 0 Å². The van der Waals surface area contributed by atoms with Gasteiger partial charge in [0.25, 0.3) is 5.91 Å². The van der Waals surface area contributed by atoms with Gasteiger partial charge >= 0.3 is 5.97 Å². The van der Waals surface area contributed by atoms with E-state index in [-0.39, 0.29) is 23.0 Å². The Balaban J connectivity index is 1.34. The van der Waals surface area contributed by atoms with Gasteiger partial charge in [-0.3, -0.25) is 4.79 Å². The second-order valence-corrected chi connectivity index (χ2v) is 9.89. The number of nitrogens with one attached hydrogen (secondary N) is 2. The molecule has 0 spiro atoms. The summed E-state index contributed by atoms with van der Waals surface area (Å²) in [5.74, 6) is -1.16. The lowest BCUT2D eigenvalue weighted by atomic mass is 9.88. The van der Waals surface area contributed by atoms with Crippen LogP contribution in [0.4, 0.5) is 0 Å². The normalized spacial score (nSPS) is 15.2. The number of amides is 1. The minimum atomic E-state index is -3.83. The van der Waals surface area contributed by atoms with E-state index in [4.69, 9.17) is 4.74 Å². The lowest BCUT2D eigenvalue weighted by Crippen LogP contribution is -2.34. The van der Waals surface area contributed by atoms with E-state index in [1.807, 2.05) is 48.5 Å². The van der Waals surface area contributed by atoms with E-state index in [1.54, 1.807) is 0 Å². The number of carbonyl (C=O) groups is 2. The van der Waals surface area contributed by atoms with Crippen LogP contribution in [-0.2, 0) is 32.5 Å². The maximum absolute atomic E-state index is 12.6. The average molecular weight is 479 g/mol. The first-order valence-electron chi connectivity index (χ1n) is 11.1. The van der Waals surface area contributed by atoms with E-state index in [2.05, 4.69) is 16.1 Å². The van der Waals surface area contributed by atoms with Crippen LogP contribution in [0, 0.1) is 0 Å². The van der Waals surface area contributed by atoms with Gasteiger partial charge in [-0.2, -0.15) is 0 Å². The molecule has 0 aromatic heterocycles. The van der Waals surface area contributed by atoms with Crippen molar-refractivity contribution in [3.63, 3.8) is 0 Å². The summed E-state index contributed by atoms with van der Waals surface area (Å²) in [5, 5.41) is 2.93. The van der Waals surface area contributed by atoms with Crippen molar-refractivity contribution in [1.29, 1.82) is 0 Å². The number of hydrogen-bond acceptors (Lipinski definition) is 5. The standard InChI is InChI=1S/C26H26N2O5S/c29-25(28-24-15-7-11-20-10-4-5-14-23(20)24)18-33-26(30)21-12-6-13-22(16-21)34(31,32)27-17-19-8-2-1-3-9-19/h1-6,8-10,12-14,16,24,27H,7,11,15,17-18H2,(H,28,29). The average Bonchev–Trinajstić information content (AvgIpc) is 2.87. The Bertz CT molecular complexity index is 1280. The van der Waals surface area contributed by atoms with Gasteiger partial charge in [0.1, 0.15) is 0 Å². The third kappa shape index (κ3) is 5.89. The third-order valence-electron chi connectivity index (χ3n) is 5.73. The number of ether oxygens (including phenoxy) is 1. The molecule has 1 amide bonds. The maximum Gasteiger partial charge on any atom is 0.338 e. The van der Waals surface area contributed by atoms with Crippen LogP contribution < -0.4 is 10.0 Å². The predicted molar refractivity (Wildman–Crippen MR) is 127 cm³/mol. The fourth-order valence-electron chi connectivity index (χ4n) is 4.00. The fraction of sp³-hybridized carbons (Fsp3) is 0.231. The van der Waals surface area contributed by atoms with Crippen LogP contribution in [0.5, 0.6) is 0 Å². The molecule has 1 aliphatic carbocycles. The SMILES string of the molecule is O=C(COC(=O)c1cccc(S(=O)(=O)NCc2ccccc2)c1)NC1CCCc2ccccc21. The summed E-state index contributed by atoms with van der Waals surface area (Å²) in [6.07, 6.45) is 2.78.